The van der Waals surface area contributed by atoms with Crippen molar-refractivity contribution in [3.05, 3.63) is 48.0 Å². The van der Waals surface area contributed by atoms with Crippen LogP contribution < -0.4 is 15.9 Å². The van der Waals surface area contributed by atoms with Gasteiger partial charge in [0.15, 0.2) is 11.5 Å². The van der Waals surface area contributed by atoms with Crippen molar-refractivity contribution in [3.63, 3.8) is 0 Å². The Morgan fingerprint density at radius 2 is 1.90 bits per heavy atom. The molecule has 41 heavy (non-hydrogen) atoms. The molecule has 222 valence electrons. The van der Waals surface area contributed by atoms with Crippen LogP contribution in [0.1, 0.15) is 51.3 Å². The Balaban J connectivity index is 1.88. The number of ether oxygens (including phenoxy) is 2. The first-order valence-electron chi connectivity index (χ1n) is 12.6. The molecule has 16 heteroatoms. The number of nitrogens with two attached hydrogens (primary N) is 1. The van der Waals surface area contributed by atoms with E-state index in [2.05, 4.69) is 25.1 Å². The van der Waals surface area contributed by atoms with Gasteiger partial charge in [-0.05, 0) is 44.9 Å². The first-order valence-corrected chi connectivity index (χ1v) is 14.5. The maximum Gasteiger partial charge on any atom is 0.408 e. The molecule has 1 unspecified atom stereocenters. The van der Waals surface area contributed by atoms with Crippen LogP contribution in [0.2, 0.25) is 0 Å². The van der Waals surface area contributed by atoms with Crippen molar-refractivity contribution >= 4 is 30.4 Å². The van der Waals surface area contributed by atoms with Gasteiger partial charge in [0, 0.05) is 0 Å². The van der Waals surface area contributed by atoms with E-state index in [1.54, 1.807) is 18.4 Å². The third kappa shape index (κ3) is 8.23. The Kier molecular flexibility index (Phi) is 10.1. The number of carbonyl (C=O) groups is 1. The van der Waals surface area contributed by atoms with Crippen molar-refractivity contribution in [2.45, 2.75) is 64.5 Å². The van der Waals surface area contributed by atoms with E-state index < -0.39 is 43.6 Å². The van der Waals surface area contributed by atoms with Crippen LogP contribution >= 0.6 is 7.44 Å². The van der Waals surface area contributed by atoms with Gasteiger partial charge in [-0.25, -0.2) is 25.1 Å². The van der Waals surface area contributed by atoms with E-state index in [4.69, 9.17) is 20.5 Å². The predicted molar refractivity (Wildman–Crippen MR) is 144 cm³/mol. The van der Waals surface area contributed by atoms with E-state index in [1.807, 2.05) is 6.07 Å². The molecule has 0 aliphatic carbocycles. The van der Waals surface area contributed by atoms with Gasteiger partial charge in [0.25, 0.3) is 0 Å². The fourth-order valence-electron chi connectivity index (χ4n) is 3.86. The number of nitrogens with zero attached hydrogens (tertiary/aromatic N) is 5. The highest BCUT2D eigenvalue weighted by molar-refractivity contribution is 7.59. The Morgan fingerprint density at radius 3 is 2.51 bits per heavy atom. The van der Waals surface area contributed by atoms with Crippen LogP contribution in [0.15, 0.2) is 36.9 Å². The molecule has 3 atom stereocenters. The fourth-order valence-corrected chi connectivity index (χ4v) is 6.24. The van der Waals surface area contributed by atoms with Crippen LogP contribution in [-0.2, 0) is 25.4 Å². The number of benzene rings is 1. The molecule has 12 nitrogen and oxygen atoms in total. The van der Waals surface area contributed by atoms with Crippen LogP contribution in [0.4, 0.5) is 19.0 Å². The summed E-state index contributed by atoms with van der Waals surface area (Å²) in [6.07, 6.45) is -3.04. The number of hydrogen-bond donors (Lipinski definition) is 3. The van der Waals surface area contributed by atoms with Gasteiger partial charge in [0.2, 0.25) is 7.44 Å². The molecule has 0 fully saturated rings. The molecule has 0 radical (unpaired) electrons. The van der Waals surface area contributed by atoms with Crippen LogP contribution in [-0.4, -0.2) is 56.3 Å². The molecule has 2 aromatic heterocycles. The van der Waals surface area contributed by atoms with Gasteiger partial charge in [-0.3, -0.25) is 9.36 Å². The van der Waals surface area contributed by atoms with Crippen molar-refractivity contribution in [1.82, 2.24) is 29.7 Å². The molecular formula is C25H32F3N8O4P. The van der Waals surface area contributed by atoms with E-state index in [9.17, 15) is 22.5 Å². The smallest absolute Gasteiger partial charge is 0.408 e. The zero-order chi connectivity index (χ0) is 30.4. The number of rotatable bonds is 13. The Bertz CT molecular complexity index is 1440. The molecule has 4 N–H and O–H groups in total. The predicted octanol–water partition coefficient (Wildman–Crippen LogP) is 4.05. The van der Waals surface area contributed by atoms with E-state index in [1.165, 1.54) is 38.6 Å². The highest BCUT2D eigenvalue weighted by Crippen LogP contribution is 2.46. The summed E-state index contributed by atoms with van der Waals surface area (Å²) in [4.78, 5) is 24.9. The van der Waals surface area contributed by atoms with Gasteiger partial charge in [0.1, 0.15) is 29.8 Å². The van der Waals surface area contributed by atoms with Crippen molar-refractivity contribution in [2.75, 3.05) is 18.7 Å². The lowest BCUT2D eigenvalue weighted by Gasteiger charge is -2.34. The third-order valence-electron chi connectivity index (χ3n) is 5.87. The number of aromatic nitrogens is 4. The molecule has 0 bridgehead atoms. The quantitative estimate of drug-likeness (QED) is 0.192. The SMILES string of the molecule is CCCOC(=O)C(C)(C)NP(=O)(CO[C@H](C)Cn1cnc2c(N)ncnc21)N[C@@H](c1ccc(C#N)cc1)C(F)(F)F. The highest BCUT2D eigenvalue weighted by Gasteiger charge is 2.47. The topological polar surface area (TPSA) is 170 Å². The second kappa shape index (κ2) is 12.9. The molecule has 0 amide bonds. The molecule has 1 aromatic carbocycles. The summed E-state index contributed by atoms with van der Waals surface area (Å²) in [5.74, 6) is -0.614. The molecule has 0 aliphatic rings. The number of halogens is 3. The average molecular weight is 597 g/mol. The van der Waals surface area contributed by atoms with Gasteiger partial charge in [-0.1, -0.05) is 19.1 Å². The number of nitrogens with one attached hydrogen (secondary N) is 2. The summed E-state index contributed by atoms with van der Waals surface area (Å²) in [7, 11) is -4.34. The fraction of sp³-hybridized carbons (Fsp3) is 0.480. The first-order chi connectivity index (χ1) is 19.2. The number of carbonyl (C=O) groups excluding carboxylic acids is 1. The maximum atomic E-state index is 14.3. The number of alkyl halides is 3. The van der Waals surface area contributed by atoms with E-state index in [0.29, 0.717) is 17.6 Å². The van der Waals surface area contributed by atoms with Gasteiger partial charge in [-0.15, -0.1) is 0 Å². The van der Waals surface area contributed by atoms with Crippen molar-refractivity contribution in [3.8, 4) is 6.07 Å². The summed E-state index contributed by atoms with van der Waals surface area (Å²) in [5, 5.41) is 13.8. The Morgan fingerprint density at radius 1 is 1.22 bits per heavy atom. The van der Waals surface area contributed by atoms with E-state index in [0.717, 1.165) is 12.1 Å². The molecule has 0 aliphatic heterocycles. The molecule has 3 aromatic rings. The minimum atomic E-state index is -4.89. The number of nitriles is 1. The minimum absolute atomic E-state index is 0.0819. The summed E-state index contributed by atoms with van der Waals surface area (Å²) >= 11 is 0. The summed E-state index contributed by atoms with van der Waals surface area (Å²) in [6.45, 7) is 6.35. The van der Waals surface area contributed by atoms with Crippen molar-refractivity contribution < 1.29 is 32.0 Å². The standard InChI is InChI=1S/C25H32F3N8O4P/c1-5-10-39-23(37)24(3,4)35-41(38,34-20(25(26,27)28)18-8-6-17(11-29)7-9-18)15-40-16(2)12-36-14-33-19-21(30)31-13-32-22(19)36/h6-9,13-14,16,20H,5,10,12,15H2,1-4H3,(H2,30,31,32)(H2,34,35,38)/t16-,20+,41?/m1/s1. The normalized spacial score (nSPS) is 15.2. The summed E-state index contributed by atoms with van der Waals surface area (Å²) in [5.41, 5.74) is 4.85. The molecule has 2 heterocycles. The van der Waals surface area contributed by atoms with Gasteiger partial charge in [0.05, 0.1) is 37.2 Å². The van der Waals surface area contributed by atoms with Crippen molar-refractivity contribution in [1.29, 1.82) is 5.26 Å². The number of nitrogen functional groups attached to an aromatic ring is 1. The third-order valence-corrected chi connectivity index (χ3v) is 7.98. The lowest BCUT2D eigenvalue weighted by Crippen LogP contribution is -2.50. The first kappa shape index (κ1) is 32.0. The number of imidazole rings is 1. The van der Waals surface area contributed by atoms with Gasteiger partial charge in [-0.2, -0.15) is 18.4 Å². The average Bonchev–Trinajstić information content (AvgIpc) is 3.32. The number of anilines is 1. The zero-order valence-electron chi connectivity index (χ0n) is 23.0. The minimum Gasteiger partial charge on any atom is -0.464 e. The number of fused-ring (bicyclic) bond motifs is 1. The molecule has 3 rings (SSSR count). The van der Waals surface area contributed by atoms with E-state index in [-0.39, 0.29) is 30.1 Å². The van der Waals surface area contributed by atoms with Crippen LogP contribution in [0, 0.1) is 11.3 Å². The lowest BCUT2D eigenvalue weighted by molar-refractivity contribution is -0.153. The largest absolute Gasteiger partial charge is 0.464 e. The Labute approximate surface area is 234 Å². The molecule has 0 saturated heterocycles. The summed E-state index contributed by atoms with van der Waals surface area (Å²) < 4.78 is 69.5. The van der Waals surface area contributed by atoms with Gasteiger partial charge < -0.3 is 19.8 Å². The molecule has 0 spiro atoms. The van der Waals surface area contributed by atoms with Gasteiger partial charge >= 0.3 is 12.1 Å². The second-order valence-electron chi connectivity index (χ2n) is 9.88. The zero-order valence-corrected chi connectivity index (χ0v) is 23.9. The van der Waals surface area contributed by atoms with Crippen LogP contribution in [0.5, 0.6) is 0 Å². The molecular weight excluding hydrogens is 564 g/mol. The van der Waals surface area contributed by atoms with Crippen LogP contribution in [0.25, 0.3) is 11.2 Å². The number of hydrogen-bond acceptors (Lipinski definition) is 9. The van der Waals surface area contributed by atoms with Crippen LogP contribution in [0.3, 0.4) is 0 Å². The lowest BCUT2D eigenvalue weighted by atomic mass is 10.1. The van der Waals surface area contributed by atoms with Crippen molar-refractivity contribution in [2.24, 2.45) is 0 Å². The Hall–Kier alpha value is -3.57. The monoisotopic (exact) mass is 596 g/mol. The molecule has 0 saturated carbocycles. The second-order valence-corrected chi connectivity index (χ2v) is 12.1. The summed E-state index contributed by atoms with van der Waals surface area (Å²) in [6, 6.07) is 4.13. The maximum absolute atomic E-state index is 14.3. The number of esters is 1. The highest BCUT2D eigenvalue weighted by atomic mass is 31.2. The van der Waals surface area contributed by atoms with E-state index >= 15 is 0 Å².